The van der Waals surface area contributed by atoms with E-state index in [1.807, 2.05) is 13.8 Å². The lowest BCUT2D eigenvalue weighted by Crippen LogP contribution is -2.50. The van der Waals surface area contributed by atoms with Crippen molar-refractivity contribution in [1.29, 1.82) is 0 Å². The van der Waals surface area contributed by atoms with Crippen molar-refractivity contribution in [1.82, 2.24) is 10.2 Å². The normalized spacial score (nSPS) is 30.7. The molecule has 3 nitrogen and oxygen atoms in total. The summed E-state index contributed by atoms with van der Waals surface area (Å²) in [5, 5.41) is 3.89. The Morgan fingerprint density at radius 2 is 1.76 bits per heavy atom. The average Bonchev–Trinajstić information content (AvgIpc) is 2.36. The number of hydrogen-bond acceptors (Lipinski definition) is 2. The number of piperidine rings is 1. The minimum Gasteiger partial charge on any atom is -0.342 e. The van der Waals surface area contributed by atoms with Gasteiger partial charge in [-0.05, 0) is 43.4 Å². The van der Waals surface area contributed by atoms with Crippen LogP contribution in [0, 0.1) is 17.3 Å². The molecule has 1 aliphatic carbocycles. The van der Waals surface area contributed by atoms with Crippen LogP contribution in [0.15, 0.2) is 0 Å². The fourth-order valence-electron chi connectivity index (χ4n) is 4.44. The van der Waals surface area contributed by atoms with Crippen molar-refractivity contribution < 1.29 is 4.79 Å². The van der Waals surface area contributed by atoms with Crippen LogP contribution in [-0.2, 0) is 4.79 Å². The second kappa shape index (κ2) is 6.68. The predicted molar refractivity (Wildman–Crippen MR) is 88.2 cm³/mol. The average molecular weight is 294 g/mol. The van der Waals surface area contributed by atoms with Crippen molar-refractivity contribution in [2.45, 2.75) is 78.8 Å². The second-order valence-corrected chi connectivity index (χ2v) is 8.53. The first kappa shape index (κ1) is 16.8. The SMILES string of the molecule is CC1CC(NC2CCN(C(=O)C(C)C)CC2)CC(C)(C)C1. The smallest absolute Gasteiger partial charge is 0.225 e. The lowest BCUT2D eigenvalue weighted by Gasteiger charge is -2.42. The molecule has 2 fully saturated rings. The van der Waals surface area contributed by atoms with Gasteiger partial charge in [-0.25, -0.2) is 0 Å². The van der Waals surface area contributed by atoms with E-state index in [2.05, 4.69) is 31.0 Å². The third-order valence-electron chi connectivity index (χ3n) is 5.16. The van der Waals surface area contributed by atoms with Gasteiger partial charge in [-0.2, -0.15) is 0 Å². The van der Waals surface area contributed by atoms with E-state index in [-0.39, 0.29) is 5.92 Å². The Morgan fingerprint density at radius 3 is 2.29 bits per heavy atom. The van der Waals surface area contributed by atoms with Gasteiger partial charge in [-0.15, -0.1) is 0 Å². The zero-order valence-electron chi connectivity index (χ0n) is 14.6. The third kappa shape index (κ3) is 4.70. The molecule has 0 spiro atoms. The quantitative estimate of drug-likeness (QED) is 0.865. The van der Waals surface area contributed by atoms with Crippen LogP contribution in [0.5, 0.6) is 0 Å². The fourth-order valence-corrected chi connectivity index (χ4v) is 4.44. The van der Waals surface area contributed by atoms with E-state index in [0.717, 1.165) is 31.8 Å². The zero-order chi connectivity index (χ0) is 15.6. The highest BCUT2D eigenvalue weighted by molar-refractivity contribution is 5.78. The minimum atomic E-state index is 0.134. The molecule has 2 aliphatic rings. The van der Waals surface area contributed by atoms with Crippen LogP contribution in [0.3, 0.4) is 0 Å². The monoisotopic (exact) mass is 294 g/mol. The molecule has 1 saturated carbocycles. The van der Waals surface area contributed by atoms with Crippen LogP contribution in [0.1, 0.15) is 66.7 Å². The lowest BCUT2D eigenvalue weighted by atomic mass is 9.70. The maximum Gasteiger partial charge on any atom is 0.225 e. The number of hydrogen-bond donors (Lipinski definition) is 1. The highest BCUT2D eigenvalue weighted by atomic mass is 16.2. The first-order chi connectivity index (χ1) is 9.77. The van der Waals surface area contributed by atoms with Gasteiger partial charge in [-0.3, -0.25) is 4.79 Å². The second-order valence-electron chi connectivity index (χ2n) is 8.53. The molecule has 0 aromatic carbocycles. The standard InChI is InChI=1S/C18H34N2O/c1-13(2)17(21)20-8-6-15(7-9-20)19-16-10-14(3)11-18(4,5)12-16/h13-16,19H,6-12H2,1-5H3. The fraction of sp³-hybridized carbons (Fsp3) is 0.944. The molecule has 1 aliphatic heterocycles. The Kier molecular flexibility index (Phi) is 5.34. The number of likely N-dealkylation sites (tertiary alicyclic amines) is 1. The summed E-state index contributed by atoms with van der Waals surface area (Å²) in [5.41, 5.74) is 0.476. The van der Waals surface area contributed by atoms with Crippen molar-refractivity contribution in [3.63, 3.8) is 0 Å². The lowest BCUT2D eigenvalue weighted by molar-refractivity contribution is -0.135. The maximum atomic E-state index is 12.0. The molecule has 1 heterocycles. The number of nitrogens with zero attached hydrogens (tertiary/aromatic N) is 1. The number of rotatable bonds is 3. The van der Waals surface area contributed by atoms with E-state index in [9.17, 15) is 4.79 Å². The highest BCUT2D eigenvalue weighted by Gasteiger charge is 2.33. The minimum absolute atomic E-state index is 0.134. The van der Waals surface area contributed by atoms with Crippen molar-refractivity contribution in [2.24, 2.45) is 17.3 Å². The van der Waals surface area contributed by atoms with Crippen LogP contribution in [0.25, 0.3) is 0 Å². The largest absolute Gasteiger partial charge is 0.342 e. The molecule has 21 heavy (non-hydrogen) atoms. The van der Waals surface area contributed by atoms with Crippen molar-refractivity contribution >= 4 is 5.91 Å². The van der Waals surface area contributed by atoms with Crippen LogP contribution in [-0.4, -0.2) is 36.0 Å². The van der Waals surface area contributed by atoms with E-state index in [0.29, 0.717) is 23.4 Å². The Morgan fingerprint density at radius 1 is 1.14 bits per heavy atom. The van der Waals surface area contributed by atoms with Crippen LogP contribution in [0.4, 0.5) is 0 Å². The summed E-state index contributed by atoms with van der Waals surface area (Å²) in [6.07, 6.45) is 6.19. The molecule has 0 bridgehead atoms. The molecule has 0 radical (unpaired) electrons. The molecule has 0 aromatic heterocycles. The number of carbonyl (C=O) groups excluding carboxylic acids is 1. The highest BCUT2D eigenvalue weighted by Crippen LogP contribution is 2.38. The van der Waals surface area contributed by atoms with E-state index in [1.165, 1.54) is 19.3 Å². The third-order valence-corrected chi connectivity index (χ3v) is 5.16. The summed E-state index contributed by atoms with van der Waals surface area (Å²) in [6, 6.07) is 1.27. The number of amides is 1. The van der Waals surface area contributed by atoms with Gasteiger partial charge in [0.2, 0.25) is 5.91 Å². The first-order valence-electron chi connectivity index (χ1n) is 8.81. The summed E-state index contributed by atoms with van der Waals surface area (Å²) in [7, 11) is 0. The van der Waals surface area contributed by atoms with E-state index in [4.69, 9.17) is 0 Å². The van der Waals surface area contributed by atoms with Gasteiger partial charge in [0.25, 0.3) is 0 Å². The first-order valence-corrected chi connectivity index (χ1v) is 8.81. The van der Waals surface area contributed by atoms with Gasteiger partial charge in [0.05, 0.1) is 0 Å². The molecule has 0 aromatic rings. The Bertz CT molecular complexity index is 356. The van der Waals surface area contributed by atoms with Gasteiger partial charge in [0.15, 0.2) is 0 Å². The molecular formula is C18H34N2O. The number of carbonyl (C=O) groups is 1. The number of nitrogens with one attached hydrogen (secondary N) is 1. The van der Waals surface area contributed by atoms with Crippen molar-refractivity contribution in [3.05, 3.63) is 0 Å². The van der Waals surface area contributed by atoms with Gasteiger partial charge >= 0.3 is 0 Å². The van der Waals surface area contributed by atoms with E-state index in [1.54, 1.807) is 0 Å². The summed E-state index contributed by atoms with van der Waals surface area (Å²) < 4.78 is 0. The predicted octanol–water partition coefficient (Wildman–Crippen LogP) is 3.44. The van der Waals surface area contributed by atoms with Crippen LogP contribution < -0.4 is 5.32 Å². The van der Waals surface area contributed by atoms with Crippen LogP contribution in [0.2, 0.25) is 0 Å². The van der Waals surface area contributed by atoms with Crippen molar-refractivity contribution in [2.75, 3.05) is 13.1 Å². The summed E-state index contributed by atoms with van der Waals surface area (Å²) in [6.45, 7) is 13.1. The maximum absolute atomic E-state index is 12.0. The molecule has 1 amide bonds. The Hall–Kier alpha value is -0.570. The Balaban J connectivity index is 1.79. The van der Waals surface area contributed by atoms with E-state index >= 15 is 0 Å². The molecule has 2 rings (SSSR count). The molecule has 1 N–H and O–H groups in total. The molecule has 3 heteroatoms. The molecular weight excluding hydrogens is 260 g/mol. The topological polar surface area (TPSA) is 32.3 Å². The van der Waals surface area contributed by atoms with Gasteiger partial charge in [0.1, 0.15) is 0 Å². The summed E-state index contributed by atoms with van der Waals surface area (Å²) in [5.74, 6) is 1.28. The van der Waals surface area contributed by atoms with Crippen molar-refractivity contribution in [3.8, 4) is 0 Å². The Labute approximate surface area is 130 Å². The van der Waals surface area contributed by atoms with Crippen LogP contribution >= 0.6 is 0 Å². The zero-order valence-corrected chi connectivity index (χ0v) is 14.6. The molecule has 2 unspecified atom stereocenters. The summed E-state index contributed by atoms with van der Waals surface area (Å²) in [4.78, 5) is 14.1. The molecule has 1 saturated heterocycles. The summed E-state index contributed by atoms with van der Waals surface area (Å²) >= 11 is 0. The van der Waals surface area contributed by atoms with E-state index < -0.39 is 0 Å². The molecule has 2 atom stereocenters. The van der Waals surface area contributed by atoms with Gasteiger partial charge < -0.3 is 10.2 Å². The van der Waals surface area contributed by atoms with Gasteiger partial charge in [-0.1, -0.05) is 34.6 Å². The molecule has 122 valence electrons. The van der Waals surface area contributed by atoms with Gasteiger partial charge in [0, 0.05) is 31.1 Å².